The van der Waals surface area contributed by atoms with Crippen LogP contribution in [0.25, 0.3) is 16.7 Å². The lowest BCUT2D eigenvalue weighted by Gasteiger charge is -2.22. The van der Waals surface area contributed by atoms with Crippen molar-refractivity contribution in [2.24, 2.45) is 0 Å². The van der Waals surface area contributed by atoms with Crippen LogP contribution in [0.3, 0.4) is 0 Å². The summed E-state index contributed by atoms with van der Waals surface area (Å²) >= 11 is 1.39. The quantitative estimate of drug-likeness (QED) is 0.529. The van der Waals surface area contributed by atoms with Crippen LogP contribution in [0.4, 0.5) is 19.1 Å². The van der Waals surface area contributed by atoms with Crippen molar-refractivity contribution in [3.8, 4) is 16.9 Å². The predicted molar refractivity (Wildman–Crippen MR) is 122 cm³/mol. The lowest BCUT2D eigenvalue weighted by atomic mass is 10.00. The first kappa shape index (κ1) is 22.8. The maximum absolute atomic E-state index is 13.5. The van der Waals surface area contributed by atoms with Crippen molar-refractivity contribution in [3.05, 3.63) is 46.9 Å². The zero-order valence-electron chi connectivity index (χ0n) is 18.6. The molecule has 1 N–H and O–H groups in total. The second kappa shape index (κ2) is 8.66. The molecule has 0 aliphatic carbocycles. The van der Waals surface area contributed by atoms with Gasteiger partial charge in [0.15, 0.2) is 0 Å². The highest BCUT2D eigenvalue weighted by molar-refractivity contribution is 8.04. The van der Waals surface area contributed by atoms with E-state index in [2.05, 4.69) is 15.3 Å². The van der Waals surface area contributed by atoms with Crippen LogP contribution in [-0.4, -0.2) is 49.4 Å². The van der Waals surface area contributed by atoms with Crippen LogP contribution in [0.2, 0.25) is 0 Å². The first-order valence-electron chi connectivity index (χ1n) is 10.9. The van der Waals surface area contributed by atoms with Crippen LogP contribution in [0.1, 0.15) is 37.7 Å². The molecular formula is C22H23F3N6O2S. The predicted octanol–water partition coefficient (Wildman–Crippen LogP) is 4.40. The number of anilines is 1. The normalized spacial score (nSPS) is 16.0. The van der Waals surface area contributed by atoms with Crippen molar-refractivity contribution < 1.29 is 23.0 Å². The summed E-state index contributed by atoms with van der Waals surface area (Å²) in [5, 5.41) is 20.7. The fourth-order valence-corrected chi connectivity index (χ4v) is 5.30. The molecule has 0 atom stereocenters. The molecule has 0 saturated carbocycles. The number of hydrogen-bond acceptors (Lipinski definition) is 7. The molecule has 0 amide bonds. The van der Waals surface area contributed by atoms with E-state index in [1.807, 2.05) is 24.4 Å². The minimum absolute atomic E-state index is 0.00848. The third-order valence-electron chi connectivity index (χ3n) is 5.72. The van der Waals surface area contributed by atoms with Gasteiger partial charge in [-0.3, -0.25) is 13.6 Å². The molecule has 5 rings (SSSR count). The van der Waals surface area contributed by atoms with Crippen LogP contribution < -0.4 is 9.04 Å². The van der Waals surface area contributed by atoms with Gasteiger partial charge in [0, 0.05) is 34.7 Å². The molecule has 1 aromatic carbocycles. The topological polar surface area (TPSA) is 81.2 Å². The fourth-order valence-electron chi connectivity index (χ4n) is 4.18. The maximum Gasteiger partial charge on any atom is 0.451 e. The molecule has 180 valence electrons. The van der Waals surface area contributed by atoms with E-state index in [1.54, 1.807) is 29.0 Å². The Morgan fingerprint density at radius 1 is 1.21 bits per heavy atom. The van der Waals surface area contributed by atoms with E-state index in [-0.39, 0.29) is 12.6 Å². The highest BCUT2D eigenvalue weighted by Crippen LogP contribution is 2.47. The molecule has 4 heterocycles. The second-order valence-corrected chi connectivity index (χ2v) is 9.46. The molecule has 34 heavy (non-hydrogen) atoms. The van der Waals surface area contributed by atoms with Gasteiger partial charge in [-0.1, -0.05) is 12.1 Å². The van der Waals surface area contributed by atoms with Crippen molar-refractivity contribution >= 4 is 23.5 Å². The van der Waals surface area contributed by atoms with Crippen molar-refractivity contribution in [2.45, 2.75) is 39.0 Å². The lowest BCUT2D eigenvalue weighted by Crippen LogP contribution is -2.22. The molecule has 0 bridgehead atoms. The summed E-state index contributed by atoms with van der Waals surface area (Å²) in [6.07, 6.45) is -0.324. The van der Waals surface area contributed by atoms with E-state index in [1.165, 1.54) is 11.9 Å². The van der Waals surface area contributed by atoms with E-state index in [0.717, 1.165) is 37.5 Å². The Morgan fingerprint density at radius 3 is 2.76 bits per heavy atom. The number of aromatic nitrogens is 5. The number of benzene rings is 1. The molecule has 2 aromatic heterocycles. The van der Waals surface area contributed by atoms with Crippen LogP contribution in [-0.2, 0) is 12.7 Å². The van der Waals surface area contributed by atoms with E-state index in [9.17, 15) is 13.2 Å². The zero-order valence-corrected chi connectivity index (χ0v) is 19.4. The number of halogens is 3. The van der Waals surface area contributed by atoms with E-state index in [0.29, 0.717) is 26.1 Å². The average molecular weight is 493 g/mol. The Bertz CT molecular complexity index is 1250. The van der Waals surface area contributed by atoms with Gasteiger partial charge in [0.25, 0.3) is 0 Å². The fraction of sp³-hybridized carbons (Fsp3) is 0.409. The van der Waals surface area contributed by atoms with Gasteiger partial charge >= 0.3 is 6.18 Å². The van der Waals surface area contributed by atoms with Crippen LogP contribution in [0, 0.1) is 0 Å². The number of hydrogen-bond donors (Lipinski definition) is 1. The summed E-state index contributed by atoms with van der Waals surface area (Å²) in [6.45, 7) is 4.66. The molecule has 0 radical (unpaired) electrons. The van der Waals surface area contributed by atoms with Gasteiger partial charge in [0.1, 0.15) is 5.75 Å². The largest absolute Gasteiger partial charge is 0.493 e. The standard InChI is InChI=1S/C22H23F3N6O2S/c1-13(2)31-20(22(23,24)25)27-28-21(31)30-12-17-16-4-3-14(15-10-26-29(11-15)6-7-32)9-18(16)33-8-5-19(17)34-30/h3-4,9-11,13,32H,5-8,12H2,1-2H3. The van der Waals surface area contributed by atoms with Crippen molar-refractivity contribution in [1.82, 2.24) is 24.5 Å². The summed E-state index contributed by atoms with van der Waals surface area (Å²) in [5.41, 5.74) is 3.78. The SMILES string of the molecule is CC(C)n1c(N2CC3=C(CCOc4cc(-c5cnn(CCO)c5)ccc43)S2)nnc1C(F)(F)F. The van der Waals surface area contributed by atoms with Crippen molar-refractivity contribution in [1.29, 1.82) is 0 Å². The first-order valence-corrected chi connectivity index (χ1v) is 11.6. The van der Waals surface area contributed by atoms with Gasteiger partial charge in [-0.15, -0.1) is 10.2 Å². The number of aliphatic hydroxyl groups excluding tert-OH is 1. The van der Waals surface area contributed by atoms with Gasteiger partial charge < -0.3 is 9.84 Å². The second-order valence-electron chi connectivity index (χ2n) is 8.34. The Kier molecular flexibility index (Phi) is 5.80. The average Bonchev–Trinajstić information content (AvgIpc) is 3.50. The molecule has 12 heteroatoms. The smallest absolute Gasteiger partial charge is 0.451 e. The van der Waals surface area contributed by atoms with Gasteiger partial charge in [-0.2, -0.15) is 18.3 Å². The maximum atomic E-state index is 13.5. The molecule has 3 aromatic rings. The number of nitrogens with zero attached hydrogens (tertiary/aromatic N) is 6. The van der Waals surface area contributed by atoms with E-state index in [4.69, 9.17) is 9.84 Å². The number of alkyl halides is 3. The molecule has 0 unspecified atom stereocenters. The Balaban J connectivity index is 1.45. The van der Waals surface area contributed by atoms with Crippen LogP contribution in [0.5, 0.6) is 5.75 Å². The van der Waals surface area contributed by atoms with Crippen LogP contribution in [0.15, 0.2) is 35.5 Å². The van der Waals surface area contributed by atoms with E-state index >= 15 is 0 Å². The highest BCUT2D eigenvalue weighted by atomic mass is 32.2. The van der Waals surface area contributed by atoms with Crippen molar-refractivity contribution in [3.63, 3.8) is 0 Å². The zero-order chi connectivity index (χ0) is 24.0. The molecule has 8 nitrogen and oxygen atoms in total. The Morgan fingerprint density at radius 2 is 2.03 bits per heavy atom. The Hall–Kier alpha value is -2.99. The highest BCUT2D eigenvalue weighted by Gasteiger charge is 2.41. The monoisotopic (exact) mass is 492 g/mol. The molecule has 2 aliphatic heterocycles. The number of fused-ring (bicyclic) bond motifs is 2. The van der Waals surface area contributed by atoms with Crippen molar-refractivity contribution in [2.75, 3.05) is 24.1 Å². The summed E-state index contributed by atoms with van der Waals surface area (Å²) in [6, 6.07) is 5.46. The number of rotatable bonds is 5. The third-order valence-corrected chi connectivity index (χ3v) is 6.90. The Labute approximate surface area is 198 Å². The minimum atomic E-state index is -4.58. The van der Waals surface area contributed by atoms with Gasteiger partial charge in [-0.25, -0.2) is 0 Å². The van der Waals surface area contributed by atoms with Gasteiger partial charge in [0.2, 0.25) is 11.8 Å². The summed E-state index contributed by atoms with van der Waals surface area (Å²) in [4.78, 5) is 1.05. The molecular weight excluding hydrogens is 469 g/mol. The molecule has 0 spiro atoms. The molecule has 0 fully saturated rings. The van der Waals surface area contributed by atoms with Crippen LogP contribution >= 0.6 is 11.9 Å². The lowest BCUT2D eigenvalue weighted by molar-refractivity contribution is -0.147. The number of aliphatic hydroxyl groups is 1. The molecule has 0 saturated heterocycles. The minimum Gasteiger partial charge on any atom is -0.493 e. The van der Waals surface area contributed by atoms with E-state index < -0.39 is 18.0 Å². The summed E-state index contributed by atoms with van der Waals surface area (Å²) in [7, 11) is 0. The first-order chi connectivity index (χ1) is 16.3. The van der Waals surface area contributed by atoms with Gasteiger partial charge in [0.05, 0.1) is 32.5 Å². The summed E-state index contributed by atoms with van der Waals surface area (Å²) < 4.78 is 51.1. The molecule has 2 aliphatic rings. The van der Waals surface area contributed by atoms with Gasteiger partial charge in [-0.05, 0) is 43.0 Å². The summed E-state index contributed by atoms with van der Waals surface area (Å²) in [5.74, 6) is -0.0766. The number of ether oxygens (including phenoxy) is 1. The third kappa shape index (κ3) is 4.05.